The molecule has 0 atom stereocenters. The Kier molecular flexibility index (Phi) is 2.61. The van der Waals surface area contributed by atoms with Crippen molar-refractivity contribution in [3.63, 3.8) is 0 Å². The molecule has 0 fully saturated rings. The number of hydrogen-bond acceptors (Lipinski definition) is 4. The molecule has 0 amide bonds. The van der Waals surface area contributed by atoms with E-state index in [0.717, 1.165) is 0 Å². The van der Waals surface area contributed by atoms with E-state index >= 15 is 0 Å². The molecule has 2 aromatic rings. The Bertz CT molecular complexity index is 611. The summed E-state index contributed by atoms with van der Waals surface area (Å²) >= 11 is 0. The molecule has 0 bridgehead atoms. The van der Waals surface area contributed by atoms with Gasteiger partial charge in [0.05, 0.1) is 24.2 Å². The molecule has 2 rings (SSSR count). The third-order valence-electron chi connectivity index (χ3n) is 2.49. The SMILES string of the molecule is COc1cc2c(=O)[nH]c(C(C)(C)C)nc2cn1. The minimum atomic E-state index is -0.201. The lowest BCUT2D eigenvalue weighted by Gasteiger charge is -2.17. The number of rotatable bonds is 1. The van der Waals surface area contributed by atoms with Gasteiger partial charge in [0.15, 0.2) is 0 Å². The molecule has 5 nitrogen and oxygen atoms in total. The number of aromatic nitrogens is 3. The Labute approximate surface area is 98.9 Å². The van der Waals surface area contributed by atoms with Gasteiger partial charge in [0.2, 0.25) is 5.88 Å². The van der Waals surface area contributed by atoms with E-state index < -0.39 is 0 Å². The van der Waals surface area contributed by atoms with Crippen LogP contribution in [0, 0.1) is 0 Å². The number of hydrogen-bond donors (Lipinski definition) is 1. The minimum Gasteiger partial charge on any atom is -0.481 e. The number of H-pyrrole nitrogens is 1. The molecule has 0 aliphatic heterocycles. The number of methoxy groups -OCH3 is 1. The van der Waals surface area contributed by atoms with Gasteiger partial charge in [0.25, 0.3) is 5.56 Å². The maximum atomic E-state index is 11.9. The number of ether oxygens (including phenoxy) is 1. The van der Waals surface area contributed by atoms with Gasteiger partial charge in [-0.15, -0.1) is 0 Å². The lowest BCUT2D eigenvalue weighted by molar-refractivity contribution is 0.398. The zero-order chi connectivity index (χ0) is 12.6. The highest BCUT2D eigenvalue weighted by molar-refractivity contribution is 5.77. The van der Waals surface area contributed by atoms with Crippen molar-refractivity contribution in [2.24, 2.45) is 0 Å². The van der Waals surface area contributed by atoms with Gasteiger partial charge in [0, 0.05) is 11.5 Å². The van der Waals surface area contributed by atoms with E-state index in [1.54, 1.807) is 12.3 Å². The summed E-state index contributed by atoms with van der Waals surface area (Å²) in [7, 11) is 1.51. The van der Waals surface area contributed by atoms with Gasteiger partial charge in [-0.3, -0.25) is 4.79 Å². The van der Waals surface area contributed by atoms with Crippen molar-refractivity contribution < 1.29 is 4.74 Å². The molecule has 1 N–H and O–H groups in total. The molecule has 0 aromatic carbocycles. The van der Waals surface area contributed by atoms with Crippen LogP contribution >= 0.6 is 0 Å². The van der Waals surface area contributed by atoms with E-state index in [1.165, 1.54) is 7.11 Å². The van der Waals surface area contributed by atoms with Crippen LogP contribution in [0.15, 0.2) is 17.1 Å². The first-order valence-electron chi connectivity index (χ1n) is 5.36. The Hall–Kier alpha value is -1.91. The molecular formula is C12H15N3O2. The first-order valence-corrected chi connectivity index (χ1v) is 5.36. The molecule has 0 radical (unpaired) electrons. The van der Waals surface area contributed by atoms with Gasteiger partial charge >= 0.3 is 0 Å². The van der Waals surface area contributed by atoms with Crippen molar-refractivity contribution in [3.05, 3.63) is 28.4 Å². The van der Waals surface area contributed by atoms with Gasteiger partial charge in [-0.2, -0.15) is 0 Å². The zero-order valence-corrected chi connectivity index (χ0v) is 10.4. The fraction of sp³-hybridized carbons (Fsp3) is 0.417. The molecule has 0 unspecified atom stereocenters. The first kappa shape index (κ1) is 11.6. The molecule has 5 heteroatoms. The molecule has 90 valence electrons. The molecule has 0 spiro atoms. The van der Waals surface area contributed by atoms with E-state index in [-0.39, 0.29) is 11.0 Å². The zero-order valence-electron chi connectivity index (χ0n) is 10.4. The average Bonchev–Trinajstić information content (AvgIpc) is 2.27. The molecule has 2 heterocycles. The van der Waals surface area contributed by atoms with Crippen molar-refractivity contribution in [3.8, 4) is 5.88 Å². The highest BCUT2D eigenvalue weighted by Gasteiger charge is 2.18. The van der Waals surface area contributed by atoms with E-state index in [4.69, 9.17) is 4.74 Å². The number of fused-ring (bicyclic) bond motifs is 1. The Balaban J connectivity index is 2.73. The lowest BCUT2D eigenvalue weighted by atomic mass is 9.95. The van der Waals surface area contributed by atoms with Crippen molar-refractivity contribution in [1.82, 2.24) is 15.0 Å². The second kappa shape index (κ2) is 3.84. The lowest BCUT2D eigenvalue weighted by Crippen LogP contribution is -2.22. The van der Waals surface area contributed by atoms with Gasteiger partial charge in [-0.1, -0.05) is 20.8 Å². The summed E-state index contributed by atoms with van der Waals surface area (Å²) in [5, 5.41) is 0.491. The van der Waals surface area contributed by atoms with Crippen LogP contribution in [0.1, 0.15) is 26.6 Å². The second-order valence-corrected chi connectivity index (χ2v) is 4.91. The number of pyridine rings is 1. The smallest absolute Gasteiger partial charge is 0.259 e. The maximum absolute atomic E-state index is 11.9. The predicted octanol–water partition coefficient (Wildman–Crippen LogP) is 1.62. The Morgan fingerprint density at radius 3 is 2.65 bits per heavy atom. The third-order valence-corrected chi connectivity index (χ3v) is 2.49. The maximum Gasteiger partial charge on any atom is 0.259 e. The van der Waals surface area contributed by atoms with Crippen LogP contribution in [0.3, 0.4) is 0 Å². The van der Waals surface area contributed by atoms with Gasteiger partial charge in [0.1, 0.15) is 5.82 Å². The van der Waals surface area contributed by atoms with Crippen LogP contribution in [0.4, 0.5) is 0 Å². The highest BCUT2D eigenvalue weighted by atomic mass is 16.5. The van der Waals surface area contributed by atoms with E-state index in [1.807, 2.05) is 20.8 Å². The highest BCUT2D eigenvalue weighted by Crippen LogP contribution is 2.19. The van der Waals surface area contributed by atoms with Crippen LogP contribution in [0.5, 0.6) is 5.88 Å². The Morgan fingerprint density at radius 1 is 1.35 bits per heavy atom. The number of nitrogens with zero attached hydrogens (tertiary/aromatic N) is 2. The molecule has 2 aromatic heterocycles. The summed E-state index contributed by atoms with van der Waals surface area (Å²) in [6.07, 6.45) is 1.55. The van der Waals surface area contributed by atoms with E-state index in [2.05, 4.69) is 15.0 Å². The summed E-state index contributed by atoms with van der Waals surface area (Å²) in [5.41, 5.74) is 0.216. The van der Waals surface area contributed by atoms with Crippen molar-refractivity contribution >= 4 is 10.9 Å². The van der Waals surface area contributed by atoms with Gasteiger partial charge < -0.3 is 9.72 Å². The number of nitrogens with one attached hydrogen (secondary N) is 1. The molecule has 0 saturated heterocycles. The largest absolute Gasteiger partial charge is 0.481 e. The van der Waals surface area contributed by atoms with Crippen LogP contribution in [-0.4, -0.2) is 22.1 Å². The first-order chi connectivity index (χ1) is 7.91. The van der Waals surface area contributed by atoms with Crippen molar-refractivity contribution in [1.29, 1.82) is 0 Å². The normalized spacial score (nSPS) is 11.8. The minimum absolute atomic E-state index is 0.166. The Morgan fingerprint density at radius 2 is 2.06 bits per heavy atom. The summed E-state index contributed by atoms with van der Waals surface area (Å²) in [4.78, 5) is 23.2. The monoisotopic (exact) mass is 233 g/mol. The fourth-order valence-corrected chi connectivity index (χ4v) is 1.49. The quantitative estimate of drug-likeness (QED) is 0.812. The molecular weight excluding hydrogens is 218 g/mol. The standard InChI is InChI=1S/C12H15N3O2/c1-12(2,3)11-14-8-6-13-9(17-4)5-7(8)10(16)15-11/h5-6H,1-4H3,(H,14,15,16). The van der Waals surface area contributed by atoms with Crippen LogP contribution in [0.25, 0.3) is 10.9 Å². The fourth-order valence-electron chi connectivity index (χ4n) is 1.49. The summed E-state index contributed by atoms with van der Waals surface area (Å²) in [6.45, 7) is 5.98. The second-order valence-electron chi connectivity index (χ2n) is 4.91. The predicted molar refractivity (Wildman–Crippen MR) is 65.4 cm³/mol. The summed E-state index contributed by atoms with van der Waals surface area (Å²) in [6, 6.07) is 1.59. The van der Waals surface area contributed by atoms with E-state index in [9.17, 15) is 4.79 Å². The van der Waals surface area contributed by atoms with Crippen LogP contribution in [0.2, 0.25) is 0 Å². The van der Waals surface area contributed by atoms with Crippen molar-refractivity contribution in [2.75, 3.05) is 7.11 Å². The summed E-state index contributed by atoms with van der Waals surface area (Å²) in [5.74, 6) is 1.07. The average molecular weight is 233 g/mol. The van der Waals surface area contributed by atoms with Gasteiger partial charge in [-0.25, -0.2) is 9.97 Å². The summed E-state index contributed by atoms with van der Waals surface area (Å²) < 4.78 is 4.98. The van der Waals surface area contributed by atoms with Crippen LogP contribution in [-0.2, 0) is 5.41 Å². The molecule has 17 heavy (non-hydrogen) atoms. The van der Waals surface area contributed by atoms with E-state index in [0.29, 0.717) is 22.6 Å². The van der Waals surface area contributed by atoms with Gasteiger partial charge in [-0.05, 0) is 0 Å². The topological polar surface area (TPSA) is 67.9 Å². The van der Waals surface area contributed by atoms with Crippen LogP contribution < -0.4 is 10.3 Å². The molecule has 0 aliphatic carbocycles. The van der Waals surface area contributed by atoms with Crippen molar-refractivity contribution in [2.45, 2.75) is 26.2 Å². The third kappa shape index (κ3) is 2.13. The molecule has 0 aliphatic rings. The molecule has 0 saturated carbocycles. The number of aromatic amines is 1.